The molecule has 4 aromatic rings. The summed E-state index contributed by atoms with van der Waals surface area (Å²) in [4.78, 5) is 12.8. The predicted octanol–water partition coefficient (Wildman–Crippen LogP) is 6.57. The summed E-state index contributed by atoms with van der Waals surface area (Å²) < 4.78 is 28.0. The summed E-state index contributed by atoms with van der Waals surface area (Å²) in [6, 6.07) is 26.7. The number of nitrogens with one attached hydrogen (secondary N) is 1. The van der Waals surface area contributed by atoms with Gasteiger partial charge in [0, 0.05) is 43.0 Å². The van der Waals surface area contributed by atoms with Crippen LogP contribution in [0.1, 0.15) is 17.5 Å². The minimum Gasteiger partial charge on any atom is -0.355 e. The zero-order chi connectivity index (χ0) is 24.7. The van der Waals surface area contributed by atoms with Crippen LogP contribution >= 0.6 is 7.60 Å². The predicted molar refractivity (Wildman–Crippen MR) is 136 cm³/mol. The Morgan fingerprint density at radius 3 is 2.09 bits per heavy atom. The van der Waals surface area contributed by atoms with Gasteiger partial charge in [-0.05, 0) is 24.1 Å². The first-order valence-corrected chi connectivity index (χ1v) is 12.9. The van der Waals surface area contributed by atoms with Crippen molar-refractivity contribution in [2.24, 2.45) is 0 Å². The van der Waals surface area contributed by atoms with E-state index >= 15 is 0 Å². The van der Waals surface area contributed by atoms with Crippen molar-refractivity contribution in [3.8, 4) is 22.6 Å². The molecular formula is C27H27N2O5P. The maximum atomic E-state index is 12.8. The van der Waals surface area contributed by atoms with Gasteiger partial charge in [-0.1, -0.05) is 78.0 Å². The highest BCUT2D eigenvalue weighted by atomic mass is 31.2. The summed E-state index contributed by atoms with van der Waals surface area (Å²) in [7, 11) is -0.423. The fourth-order valence-corrected chi connectivity index (χ4v) is 4.83. The van der Waals surface area contributed by atoms with Gasteiger partial charge in [-0.15, -0.1) is 0 Å². The lowest BCUT2D eigenvalue weighted by molar-refractivity contribution is -0.116. The third-order valence-corrected chi connectivity index (χ3v) is 7.51. The van der Waals surface area contributed by atoms with Gasteiger partial charge in [0.1, 0.15) is 5.69 Å². The third kappa shape index (κ3) is 6.14. The van der Waals surface area contributed by atoms with Crippen LogP contribution in [-0.4, -0.2) is 25.3 Å². The Hall–Kier alpha value is -3.51. The van der Waals surface area contributed by atoms with Gasteiger partial charge in [-0.3, -0.25) is 9.36 Å². The van der Waals surface area contributed by atoms with Crippen molar-refractivity contribution >= 4 is 19.2 Å². The number of hydrogen-bond donors (Lipinski definition) is 1. The normalized spacial score (nSPS) is 11.4. The second-order valence-corrected chi connectivity index (χ2v) is 10.2. The Bertz CT molecular complexity index is 1240. The van der Waals surface area contributed by atoms with Crippen LogP contribution in [0.25, 0.3) is 22.6 Å². The van der Waals surface area contributed by atoms with E-state index in [4.69, 9.17) is 13.6 Å². The summed E-state index contributed by atoms with van der Waals surface area (Å²) in [5.41, 5.74) is 4.93. The lowest BCUT2D eigenvalue weighted by Crippen LogP contribution is -2.12. The molecule has 35 heavy (non-hydrogen) atoms. The topological polar surface area (TPSA) is 90.7 Å². The lowest BCUT2D eigenvalue weighted by atomic mass is 9.98. The van der Waals surface area contributed by atoms with Crippen LogP contribution in [0.15, 0.2) is 89.5 Å². The average molecular weight is 490 g/mol. The van der Waals surface area contributed by atoms with Crippen LogP contribution in [-0.2, 0) is 31.0 Å². The second kappa shape index (κ2) is 11.3. The number of rotatable bonds is 10. The summed E-state index contributed by atoms with van der Waals surface area (Å²) >= 11 is 0. The first kappa shape index (κ1) is 24.6. The first-order chi connectivity index (χ1) is 17.0. The fraction of sp³-hybridized carbons (Fsp3) is 0.185. The Balaban J connectivity index is 1.47. The molecular weight excluding hydrogens is 463 g/mol. The van der Waals surface area contributed by atoms with Crippen LogP contribution in [0.2, 0.25) is 0 Å². The second-order valence-electron chi connectivity index (χ2n) is 7.95. The number of nitrogens with zero attached hydrogens (tertiary/aromatic N) is 1. The Morgan fingerprint density at radius 2 is 1.49 bits per heavy atom. The van der Waals surface area contributed by atoms with E-state index in [-0.39, 0.29) is 18.5 Å². The quantitative estimate of drug-likeness (QED) is 0.253. The lowest BCUT2D eigenvalue weighted by Gasteiger charge is -2.13. The van der Waals surface area contributed by atoms with Crippen LogP contribution in [0.5, 0.6) is 0 Å². The van der Waals surface area contributed by atoms with Crippen molar-refractivity contribution in [1.29, 1.82) is 0 Å². The molecule has 0 fully saturated rings. The Morgan fingerprint density at radius 1 is 0.886 bits per heavy atom. The van der Waals surface area contributed by atoms with Crippen molar-refractivity contribution in [3.63, 3.8) is 0 Å². The van der Waals surface area contributed by atoms with Crippen molar-refractivity contribution < 1.29 is 22.9 Å². The molecule has 0 unspecified atom stereocenters. The van der Waals surface area contributed by atoms with Crippen molar-refractivity contribution in [2.45, 2.75) is 19.0 Å². The minimum atomic E-state index is -3.15. The maximum Gasteiger partial charge on any atom is 0.334 e. The molecule has 1 heterocycles. The average Bonchev–Trinajstić information content (AvgIpc) is 3.33. The molecule has 0 bridgehead atoms. The van der Waals surface area contributed by atoms with Gasteiger partial charge >= 0.3 is 7.60 Å². The monoisotopic (exact) mass is 490 g/mol. The van der Waals surface area contributed by atoms with E-state index < -0.39 is 7.60 Å². The van der Waals surface area contributed by atoms with Crippen LogP contribution in [0.4, 0.5) is 5.69 Å². The van der Waals surface area contributed by atoms with E-state index in [1.807, 2.05) is 60.7 Å². The summed E-state index contributed by atoms with van der Waals surface area (Å²) in [6.45, 7) is 0. The first-order valence-electron chi connectivity index (χ1n) is 11.2. The van der Waals surface area contributed by atoms with Crippen LogP contribution in [0, 0.1) is 0 Å². The molecule has 1 aromatic heterocycles. The van der Waals surface area contributed by atoms with Crippen LogP contribution < -0.4 is 5.32 Å². The van der Waals surface area contributed by atoms with E-state index in [2.05, 4.69) is 10.5 Å². The Labute approximate surface area is 204 Å². The zero-order valence-corrected chi connectivity index (χ0v) is 20.5. The van der Waals surface area contributed by atoms with Crippen molar-refractivity contribution in [3.05, 3.63) is 96.1 Å². The highest BCUT2D eigenvalue weighted by molar-refractivity contribution is 7.52. The molecule has 180 valence electrons. The standard InChI is InChI=1S/C27H27N2O5P/c1-32-35(31,33-2)19-20-13-15-23(16-14-20)28-25(30)18-17-24-26(21-9-5-3-6-10-21)29-34-27(24)22-11-7-4-8-12-22/h3-16H,17-19H2,1-2H3,(H,28,30). The van der Waals surface area contributed by atoms with E-state index in [9.17, 15) is 9.36 Å². The molecule has 0 saturated heterocycles. The Kier molecular flexibility index (Phi) is 7.93. The van der Waals surface area contributed by atoms with E-state index in [1.165, 1.54) is 14.2 Å². The largest absolute Gasteiger partial charge is 0.355 e. The summed E-state index contributed by atoms with van der Waals surface area (Å²) in [6.07, 6.45) is 0.879. The SMILES string of the molecule is COP(=O)(Cc1ccc(NC(=O)CCc2c(-c3ccccc3)noc2-c2ccccc2)cc1)OC. The zero-order valence-electron chi connectivity index (χ0n) is 19.6. The molecule has 0 aliphatic carbocycles. The fourth-order valence-electron chi connectivity index (χ4n) is 3.76. The molecule has 1 amide bonds. The van der Waals surface area contributed by atoms with Crippen LogP contribution in [0.3, 0.4) is 0 Å². The highest BCUT2D eigenvalue weighted by Crippen LogP contribution is 2.49. The maximum absolute atomic E-state index is 12.8. The number of hydrogen-bond acceptors (Lipinski definition) is 6. The molecule has 1 N–H and O–H groups in total. The van der Waals surface area contributed by atoms with Gasteiger partial charge in [0.25, 0.3) is 0 Å². The number of aromatic nitrogens is 1. The molecule has 0 saturated carbocycles. The number of carbonyl (C=O) groups excluding carboxylic acids is 1. The molecule has 0 aliphatic rings. The molecule has 3 aromatic carbocycles. The molecule has 0 spiro atoms. The summed E-state index contributed by atoms with van der Waals surface area (Å²) in [5, 5.41) is 7.25. The van der Waals surface area contributed by atoms with E-state index in [0.29, 0.717) is 17.9 Å². The van der Waals surface area contributed by atoms with Gasteiger partial charge in [0.15, 0.2) is 5.76 Å². The number of benzene rings is 3. The number of amides is 1. The van der Waals surface area contributed by atoms with Gasteiger partial charge < -0.3 is 18.9 Å². The summed E-state index contributed by atoms with van der Waals surface area (Å²) in [5.74, 6) is 0.541. The highest BCUT2D eigenvalue weighted by Gasteiger charge is 2.22. The molecule has 0 radical (unpaired) electrons. The van der Waals surface area contributed by atoms with Gasteiger partial charge in [0.05, 0.1) is 6.16 Å². The smallest absolute Gasteiger partial charge is 0.334 e. The van der Waals surface area contributed by atoms with Gasteiger partial charge in [-0.25, -0.2) is 0 Å². The minimum absolute atomic E-state index is 0.128. The molecule has 0 atom stereocenters. The molecule has 7 nitrogen and oxygen atoms in total. The van der Waals surface area contributed by atoms with Crippen molar-refractivity contribution in [2.75, 3.05) is 19.5 Å². The van der Waals surface area contributed by atoms with Crippen molar-refractivity contribution in [1.82, 2.24) is 5.16 Å². The molecule has 4 rings (SSSR count). The number of anilines is 1. The van der Waals surface area contributed by atoms with E-state index in [1.54, 1.807) is 24.3 Å². The van der Waals surface area contributed by atoms with Gasteiger partial charge in [0.2, 0.25) is 5.91 Å². The van der Waals surface area contributed by atoms with Gasteiger partial charge in [-0.2, -0.15) is 0 Å². The van der Waals surface area contributed by atoms with E-state index in [0.717, 1.165) is 27.9 Å². The number of carbonyl (C=O) groups is 1. The molecule has 0 aliphatic heterocycles. The molecule has 8 heteroatoms. The third-order valence-electron chi connectivity index (χ3n) is 5.64.